The molecule has 0 spiro atoms. The molecule has 9 nitrogen and oxygen atoms in total. The van der Waals surface area contributed by atoms with E-state index in [1.54, 1.807) is 59.1 Å². The third kappa shape index (κ3) is 6.43. The van der Waals surface area contributed by atoms with E-state index in [-0.39, 0.29) is 13.2 Å². The summed E-state index contributed by atoms with van der Waals surface area (Å²) in [5.74, 6) is -2.49. The van der Waals surface area contributed by atoms with E-state index in [9.17, 15) is 14.4 Å². The fourth-order valence-electron chi connectivity index (χ4n) is 2.94. The molecular weight excluding hydrogens is 392 g/mol. The molecule has 0 aromatic heterocycles. The molecule has 1 aromatic rings. The van der Waals surface area contributed by atoms with Gasteiger partial charge in [-0.15, -0.1) is 0 Å². The van der Waals surface area contributed by atoms with Crippen LogP contribution in [0.25, 0.3) is 0 Å². The minimum absolute atomic E-state index is 0.162. The first-order valence-corrected chi connectivity index (χ1v) is 9.65. The summed E-state index contributed by atoms with van der Waals surface area (Å²) < 4.78 is 21.8. The highest BCUT2D eigenvalue weighted by Gasteiger charge is 2.47. The van der Waals surface area contributed by atoms with E-state index in [1.807, 2.05) is 0 Å². The summed E-state index contributed by atoms with van der Waals surface area (Å²) in [5.41, 5.74) is 5.35. The van der Waals surface area contributed by atoms with E-state index in [2.05, 4.69) is 5.32 Å². The minimum atomic E-state index is -1.37. The van der Waals surface area contributed by atoms with Gasteiger partial charge in [0.05, 0.1) is 20.1 Å². The van der Waals surface area contributed by atoms with Gasteiger partial charge in [0.25, 0.3) is 5.91 Å². The van der Waals surface area contributed by atoms with Crippen LogP contribution in [-0.4, -0.2) is 49.5 Å². The Balaban J connectivity index is 2.07. The number of ether oxygens (including phenoxy) is 4. The number of hydrogen-bond acceptors (Lipinski definition) is 7. The number of nitrogens with one attached hydrogen (secondary N) is 1. The van der Waals surface area contributed by atoms with Crippen molar-refractivity contribution >= 4 is 17.8 Å². The van der Waals surface area contributed by atoms with E-state index >= 15 is 0 Å². The molecule has 1 aliphatic heterocycles. The van der Waals surface area contributed by atoms with Crippen molar-refractivity contribution in [1.29, 1.82) is 0 Å². The van der Waals surface area contributed by atoms with Crippen LogP contribution < -0.4 is 15.8 Å². The largest absolute Gasteiger partial charge is 0.497 e. The average Bonchev–Trinajstić information content (AvgIpc) is 2.67. The molecular formula is C21H30N2O7. The lowest BCUT2D eigenvalue weighted by Crippen LogP contribution is -2.55. The number of primary amides is 1. The van der Waals surface area contributed by atoms with Crippen LogP contribution in [0, 0.1) is 5.41 Å². The van der Waals surface area contributed by atoms with Crippen molar-refractivity contribution in [1.82, 2.24) is 5.32 Å². The van der Waals surface area contributed by atoms with Crippen LogP contribution in [0.1, 0.15) is 39.7 Å². The molecule has 9 heteroatoms. The molecule has 0 radical (unpaired) electrons. The molecule has 1 heterocycles. The van der Waals surface area contributed by atoms with Gasteiger partial charge in [0.15, 0.2) is 18.0 Å². The van der Waals surface area contributed by atoms with Crippen LogP contribution >= 0.6 is 0 Å². The Morgan fingerprint density at radius 1 is 1.27 bits per heavy atom. The topological polar surface area (TPSA) is 126 Å². The van der Waals surface area contributed by atoms with Crippen LogP contribution in [0.15, 0.2) is 24.3 Å². The molecule has 1 fully saturated rings. The Labute approximate surface area is 176 Å². The van der Waals surface area contributed by atoms with E-state index < -0.39 is 47.6 Å². The molecule has 0 aliphatic carbocycles. The van der Waals surface area contributed by atoms with Crippen LogP contribution in [0.4, 0.5) is 0 Å². The number of nitrogens with two attached hydrogens (primary N) is 1. The fraction of sp³-hybridized carbons (Fsp3) is 0.571. The smallest absolute Gasteiger partial charge is 0.336 e. The van der Waals surface area contributed by atoms with Crippen LogP contribution in [0.5, 0.6) is 5.75 Å². The van der Waals surface area contributed by atoms with Crippen molar-refractivity contribution in [2.45, 2.75) is 58.7 Å². The molecule has 2 atom stereocenters. The molecule has 1 aliphatic rings. The lowest BCUT2D eigenvalue weighted by atomic mass is 9.86. The lowest BCUT2D eigenvalue weighted by molar-refractivity contribution is -0.309. The van der Waals surface area contributed by atoms with Crippen molar-refractivity contribution in [2.24, 2.45) is 11.1 Å². The predicted octanol–water partition coefficient (Wildman–Crippen LogP) is 1.28. The second-order valence-electron chi connectivity index (χ2n) is 8.34. The summed E-state index contributed by atoms with van der Waals surface area (Å²) in [6.07, 6.45) is -2.78. The number of esters is 1. The predicted molar refractivity (Wildman–Crippen MR) is 107 cm³/mol. The van der Waals surface area contributed by atoms with Gasteiger partial charge in [0, 0.05) is 12.0 Å². The first-order chi connectivity index (χ1) is 13.9. The van der Waals surface area contributed by atoms with Crippen LogP contribution in [-0.2, 0) is 35.1 Å². The molecule has 1 saturated heterocycles. The Kier molecular flexibility index (Phi) is 7.44. The van der Waals surface area contributed by atoms with E-state index in [4.69, 9.17) is 24.7 Å². The van der Waals surface area contributed by atoms with E-state index in [1.165, 1.54) is 0 Å². The van der Waals surface area contributed by atoms with Gasteiger partial charge in [-0.1, -0.05) is 26.0 Å². The number of carbonyl (C=O) groups excluding carboxylic acids is 3. The Hall–Kier alpha value is -2.65. The highest BCUT2D eigenvalue weighted by atomic mass is 16.7. The summed E-state index contributed by atoms with van der Waals surface area (Å²) in [7, 11) is 1.54. The van der Waals surface area contributed by atoms with E-state index in [0.717, 1.165) is 5.56 Å². The number of benzene rings is 1. The number of methoxy groups -OCH3 is 1. The second-order valence-corrected chi connectivity index (χ2v) is 8.34. The summed E-state index contributed by atoms with van der Waals surface area (Å²) in [6.45, 7) is 7.38. The van der Waals surface area contributed by atoms with Gasteiger partial charge in [-0.25, -0.2) is 4.79 Å². The number of rotatable bonds is 8. The maximum absolute atomic E-state index is 12.8. The molecule has 2 amide bonds. The first-order valence-electron chi connectivity index (χ1n) is 9.65. The molecule has 0 bridgehead atoms. The Morgan fingerprint density at radius 3 is 2.60 bits per heavy atom. The number of carbonyl (C=O) groups is 3. The van der Waals surface area contributed by atoms with Crippen molar-refractivity contribution in [2.75, 3.05) is 13.7 Å². The number of hydrogen-bond donors (Lipinski definition) is 2. The number of amides is 2. The molecule has 30 heavy (non-hydrogen) atoms. The lowest BCUT2D eigenvalue weighted by Gasteiger charge is -2.44. The molecule has 1 aromatic carbocycles. The molecule has 3 N–H and O–H groups in total. The van der Waals surface area contributed by atoms with Crippen LogP contribution in [0.2, 0.25) is 0 Å². The summed E-state index contributed by atoms with van der Waals surface area (Å²) in [6, 6.07) is 7.13. The zero-order valence-electron chi connectivity index (χ0n) is 18.0. The molecule has 166 valence electrons. The van der Waals surface area contributed by atoms with Crippen molar-refractivity contribution in [3.63, 3.8) is 0 Å². The molecule has 0 saturated carbocycles. The summed E-state index contributed by atoms with van der Waals surface area (Å²) in [5, 5.41) is 2.66. The quantitative estimate of drug-likeness (QED) is 0.604. The summed E-state index contributed by atoms with van der Waals surface area (Å²) >= 11 is 0. The highest BCUT2D eigenvalue weighted by molar-refractivity contribution is 5.89. The minimum Gasteiger partial charge on any atom is -0.497 e. The third-order valence-corrected chi connectivity index (χ3v) is 4.66. The van der Waals surface area contributed by atoms with Gasteiger partial charge in [-0.2, -0.15) is 0 Å². The fourth-order valence-corrected chi connectivity index (χ4v) is 2.94. The van der Waals surface area contributed by atoms with E-state index in [0.29, 0.717) is 5.75 Å². The highest BCUT2D eigenvalue weighted by Crippen LogP contribution is 2.35. The first kappa shape index (κ1) is 23.6. The van der Waals surface area contributed by atoms with Gasteiger partial charge >= 0.3 is 5.97 Å². The maximum atomic E-state index is 12.8. The van der Waals surface area contributed by atoms with Gasteiger partial charge < -0.3 is 30.0 Å². The average molecular weight is 422 g/mol. The zero-order chi connectivity index (χ0) is 22.5. The second kappa shape index (κ2) is 9.44. The normalized spacial score (nSPS) is 20.6. The van der Waals surface area contributed by atoms with Crippen molar-refractivity contribution < 1.29 is 33.3 Å². The van der Waals surface area contributed by atoms with Gasteiger partial charge in [0.1, 0.15) is 5.75 Å². The molecule has 1 unspecified atom stereocenters. The van der Waals surface area contributed by atoms with Gasteiger partial charge in [0.2, 0.25) is 5.91 Å². The standard InChI is InChI=1S/C21H30N2O7/c1-20(2)12-28-21(3,4)30-17(20)19(26)29-15(10-16(22)24)18(25)23-11-13-7-6-8-14(9-13)27-5/h6-9,15,17H,10-12H2,1-5H3,(H2,22,24)(H,23,25)/t15?,17-/m0/s1. The zero-order valence-corrected chi connectivity index (χ0v) is 18.0. The maximum Gasteiger partial charge on any atom is 0.336 e. The van der Waals surface area contributed by atoms with Gasteiger partial charge in [-0.3, -0.25) is 9.59 Å². The monoisotopic (exact) mass is 422 g/mol. The Bertz CT molecular complexity index is 791. The SMILES string of the molecule is COc1cccc(CNC(=O)C(CC(N)=O)OC(=O)[C@@H]2OC(C)(C)OCC2(C)C)c1. The Morgan fingerprint density at radius 2 is 1.97 bits per heavy atom. The third-order valence-electron chi connectivity index (χ3n) is 4.66. The van der Waals surface area contributed by atoms with Crippen molar-refractivity contribution in [3.8, 4) is 5.75 Å². The van der Waals surface area contributed by atoms with Gasteiger partial charge in [-0.05, 0) is 31.5 Å². The molecule has 2 rings (SSSR count). The summed E-state index contributed by atoms with van der Waals surface area (Å²) in [4.78, 5) is 36.9. The van der Waals surface area contributed by atoms with Crippen molar-refractivity contribution in [3.05, 3.63) is 29.8 Å². The van der Waals surface area contributed by atoms with Crippen LogP contribution in [0.3, 0.4) is 0 Å².